The van der Waals surface area contributed by atoms with Crippen molar-refractivity contribution in [3.63, 3.8) is 0 Å². The summed E-state index contributed by atoms with van der Waals surface area (Å²) in [4.78, 5) is 14.3. The minimum Gasteiger partial charge on any atom is -0.271 e. The SMILES string of the molecule is Cc1ccc(C2(c3ccc(C)cc3)C(=O)N(/N=C\c3ccccc3)c3ccccc32)cc1. The molecule has 1 amide bonds. The topological polar surface area (TPSA) is 32.7 Å². The first-order valence-electron chi connectivity index (χ1n) is 10.8. The van der Waals surface area contributed by atoms with Crippen LogP contribution >= 0.6 is 0 Å². The molecule has 0 aromatic heterocycles. The van der Waals surface area contributed by atoms with E-state index in [1.807, 2.05) is 54.6 Å². The molecule has 0 bridgehead atoms. The molecule has 0 fully saturated rings. The molecule has 32 heavy (non-hydrogen) atoms. The number of para-hydroxylation sites is 1. The van der Waals surface area contributed by atoms with Gasteiger partial charge < -0.3 is 0 Å². The van der Waals surface area contributed by atoms with E-state index in [1.54, 1.807) is 11.2 Å². The molecule has 4 aromatic carbocycles. The fourth-order valence-electron chi connectivity index (χ4n) is 4.47. The van der Waals surface area contributed by atoms with Gasteiger partial charge in [-0.25, -0.2) is 0 Å². The first-order valence-corrected chi connectivity index (χ1v) is 10.8. The molecule has 3 nitrogen and oxygen atoms in total. The van der Waals surface area contributed by atoms with Gasteiger partial charge in [0.15, 0.2) is 0 Å². The Balaban J connectivity index is 1.74. The van der Waals surface area contributed by atoms with Gasteiger partial charge in [0.05, 0.1) is 11.9 Å². The van der Waals surface area contributed by atoms with Crippen molar-refractivity contribution in [1.29, 1.82) is 0 Å². The summed E-state index contributed by atoms with van der Waals surface area (Å²) in [6, 6.07) is 34.3. The number of fused-ring (bicyclic) bond motifs is 1. The Morgan fingerprint density at radius 3 is 1.81 bits per heavy atom. The summed E-state index contributed by atoms with van der Waals surface area (Å²) in [5.41, 5.74) is 5.96. The predicted octanol–water partition coefficient (Wildman–Crippen LogP) is 6.02. The molecule has 5 rings (SSSR count). The summed E-state index contributed by atoms with van der Waals surface area (Å²) < 4.78 is 0. The van der Waals surface area contributed by atoms with E-state index < -0.39 is 5.41 Å². The van der Waals surface area contributed by atoms with Crippen molar-refractivity contribution in [1.82, 2.24) is 0 Å². The van der Waals surface area contributed by atoms with Gasteiger partial charge in [0.2, 0.25) is 0 Å². The standard InChI is InChI=1S/C29H24N2O/c1-21-12-16-24(17-13-21)29(25-18-14-22(2)15-19-25)26-10-6-7-11-27(26)31(28(29)32)30-20-23-8-4-3-5-9-23/h3-20H,1-2H3/b30-20-. The quantitative estimate of drug-likeness (QED) is 0.375. The van der Waals surface area contributed by atoms with Crippen molar-refractivity contribution in [2.45, 2.75) is 19.3 Å². The maximum Gasteiger partial charge on any atom is 0.267 e. The molecule has 0 radical (unpaired) electrons. The molecule has 0 unspecified atom stereocenters. The highest BCUT2D eigenvalue weighted by Crippen LogP contribution is 2.50. The van der Waals surface area contributed by atoms with E-state index in [2.05, 4.69) is 67.5 Å². The molecule has 4 aromatic rings. The van der Waals surface area contributed by atoms with E-state index >= 15 is 0 Å². The first kappa shape index (κ1) is 20.0. The summed E-state index contributed by atoms with van der Waals surface area (Å²) in [6.07, 6.45) is 1.75. The second-order valence-corrected chi connectivity index (χ2v) is 8.27. The van der Waals surface area contributed by atoms with Crippen LogP contribution in [0.25, 0.3) is 0 Å². The van der Waals surface area contributed by atoms with E-state index in [0.29, 0.717) is 0 Å². The van der Waals surface area contributed by atoms with E-state index in [1.165, 1.54) is 0 Å². The largest absolute Gasteiger partial charge is 0.271 e. The molecule has 156 valence electrons. The summed E-state index contributed by atoms with van der Waals surface area (Å²) in [6.45, 7) is 4.12. The number of hydrogen-bond acceptors (Lipinski definition) is 2. The van der Waals surface area contributed by atoms with E-state index in [-0.39, 0.29) is 5.91 Å². The van der Waals surface area contributed by atoms with E-state index in [9.17, 15) is 4.79 Å². The monoisotopic (exact) mass is 416 g/mol. The third kappa shape index (κ3) is 3.14. The Hall–Kier alpha value is -3.98. The average molecular weight is 417 g/mol. The number of nitrogens with zero attached hydrogens (tertiary/aromatic N) is 2. The number of carbonyl (C=O) groups is 1. The van der Waals surface area contributed by atoms with Gasteiger partial charge in [0, 0.05) is 5.56 Å². The fraction of sp³-hybridized carbons (Fsp3) is 0.103. The van der Waals surface area contributed by atoms with Crippen LogP contribution in [0.1, 0.15) is 33.4 Å². The van der Waals surface area contributed by atoms with Crippen molar-refractivity contribution in [3.8, 4) is 0 Å². The number of aryl methyl sites for hydroxylation is 2. The predicted molar refractivity (Wildman–Crippen MR) is 130 cm³/mol. The van der Waals surface area contributed by atoms with E-state index in [4.69, 9.17) is 0 Å². The zero-order valence-corrected chi connectivity index (χ0v) is 18.2. The number of anilines is 1. The minimum atomic E-state index is -0.952. The normalized spacial score (nSPS) is 14.7. The molecule has 0 aliphatic carbocycles. The van der Waals surface area contributed by atoms with Crippen molar-refractivity contribution >= 4 is 17.8 Å². The first-order chi connectivity index (χ1) is 15.6. The Bertz CT molecular complexity index is 1240. The van der Waals surface area contributed by atoms with Crippen LogP contribution in [0.15, 0.2) is 108 Å². The Morgan fingerprint density at radius 1 is 0.688 bits per heavy atom. The molecule has 1 heterocycles. The van der Waals surface area contributed by atoms with Gasteiger partial charge in [-0.3, -0.25) is 4.79 Å². The molecule has 3 heteroatoms. The molecule has 0 saturated heterocycles. The smallest absolute Gasteiger partial charge is 0.267 e. The van der Waals surface area contributed by atoms with Crippen LogP contribution in [-0.4, -0.2) is 12.1 Å². The number of benzene rings is 4. The average Bonchev–Trinajstić information content (AvgIpc) is 3.08. The lowest BCUT2D eigenvalue weighted by atomic mass is 9.70. The van der Waals surface area contributed by atoms with Crippen LogP contribution in [0.2, 0.25) is 0 Å². The number of carbonyl (C=O) groups excluding carboxylic acids is 1. The van der Waals surface area contributed by atoms with Crippen LogP contribution in [0.3, 0.4) is 0 Å². The van der Waals surface area contributed by atoms with Gasteiger partial charge in [0.25, 0.3) is 5.91 Å². The van der Waals surface area contributed by atoms with Crippen LogP contribution in [0, 0.1) is 13.8 Å². The highest BCUT2D eigenvalue weighted by atomic mass is 16.2. The van der Waals surface area contributed by atoms with E-state index in [0.717, 1.165) is 39.1 Å². The van der Waals surface area contributed by atoms with Gasteiger partial charge in [-0.1, -0.05) is 108 Å². The zero-order chi connectivity index (χ0) is 22.1. The maximum atomic E-state index is 14.3. The van der Waals surface area contributed by atoms with Gasteiger partial charge in [-0.15, -0.1) is 0 Å². The maximum absolute atomic E-state index is 14.3. The second-order valence-electron chi connectivity index (χ2n) is 8.27. The summed E-state index contributed by atoms with van der Waals surface area (Å²) in [5.74, 6) is -0.0708. The number of hydrogen-bond donors (Lipinski definition) is 0. The Morgan fingerprint density at radius 2 is 1.22 bits per heavy atom. The summed E-state index contributed by atoms with van der Waals surface area (Å²) >= 11 is 0. The number of hydrazone groups is 1. The highest BCUT2D eigenvalue weighted by Gasteiger charge is 2.53. The fourth-order valence-corrected chi connectivity index (χ4v) is 4.47. The van der Waals surface area contributed by atoms with Crippen molar-refractivity contribution < 1.29 is 4.79 Å². The Labute approximate surface area is 188 Å². The van der Waals surface area contributed by atoms with Crippen molar-refractivity contribution in [3.05, 3.63) is 137 Å². The van der Waals surface area contributed by atoms with Crippen LogP contribution in [-0.2, 0) is 10.2 Å². The molecule has 0 N–H and O–H groups in total. The third-order valence-corrected chi connectivity index (χ3v) is 6.14. The molecule has 0 atom stereocenters. The third-order valence-electron chi connectivity index (χ3n) is 6.14. The van der Waals surface area contributed by atoms with Gasteiger partial charge in [-0.2, -0.15) is 10.1 Å². The van der Waals surface area contributed by atoms with Crippen LogP contribution in [0.4, 0.5) is 5.69 Å². The zero-order valence-electron chi connectivity index (χ0n) is 18.2. The Kier molecular flexibility index (Phi) is 4.95. The van der Waals surface area contributed by atoms with Gasteiger partial charge >= 0.3 is 0 Å². The lowest BCUT2D eigenvalue weighted by molar-refractivity contribution is -0.120. The highest BCUT2D eigenvalue weighted by molar-refractivity contribution is 6.13. The molecular formula is C29H24N2O. The lowest BCUT2D eigenvalue weighted by Crippen LogP contribution is -2.40. The number of amides is 1. The number of rotatable bonds is 4. The molecule has 0 spiro atoms. The molecular weight excluding hydrogens is 392 g/mol. The summed E-state index contributed by atoms with van der Waals surface area (Å²) in [7, 11) is 0. The van der Waals surface area contributed by atoms with Gasteiger partial charge in [0.1, 0.15) is 5.41 Å². The van der Waals surface area contributed by atoms with Crippen molar-refractivity contribution in [2.24, 2.45) is 5.10 Å². The van der Waals surface area contributed by atoms with Crippen LogP contribution < -0.4 is 5.01 Å². The summed E-state index contributed by atoms with van der Waals surface area (Å²) in [5, 5.41) is 6.21. The van der Waals surface area contributed by atoms with Gasteiger partial charge in [-0.05, 0) is 36.6 Å². The van der Waals surface area contributed by atoms with Crippen molar-refractivity contribution in [2.75, 3.05) is 5.01 Å². The minimum absolute atomic E-state index is 0.0708. The molecule has 0 saturated carbocycles. The molecule has 1 aliphatic heterocycles. The van der Waals surface area contributed by atoms with Crippen LogP contribution in [0.5, 0.6) is 0 Å². The second kappa shape index (κ2) is 7.93. The molecule has 1 aliphatic rings. The lowest BCUT2D eigenvalue weighted by Gasteiger charge is -2.29.